The summed E-state index contributed by atoms with van der Waals surface area (Å²) in [4.78, 5) is 27.8. The largest absolute Gasteiger partial charge is 0.493 e. The van der Waals surface area contributed by atoms with Gasteiger partial charge in [0.1, 0.15) is 5.70 Å². The number of aryl methyl sites for hydroxylation is 2. The fourth-order valence-corrected chi connectivity index (χ4v) is 3.73. The van der Waals surface area contributed by atoms with E-state index in [1.165, 1.54) is 20.3 Å². The number of carbonyl (C=O) groups excluding carboxylic acids is 2. The summed E-state index contributed by atoms with van der Waals surface area (Å²) in [7, 11) is 2.99. The monoisotopic (exact) mass is 464 g/mol. The molecule has 6 nitrogen and oxygen atoms in total. The third-order valence-electron chi connectivity index (χ3n) is 5.69. The SMILES string of the molecule is COc1ccc(NC2=C(c3ccc(C)c(C)c3)C(=O)N(c3ccc(F)c(F)c3)C2=O)cc1OC. The van der Waals surface area contributed by atoms with Gasteiger partial charge in [-0.1, -0.05) is 18.2 Å². The van der Waals surface area contributed by atoms with Crippen molar-refractivity contribution in [3.05, 3.63) is 88.6 Å². The summed E-state index contributed by atoms with van der Waals surface area (Å²) >= 11 is 0. The van der Waals surface area contributed by atoms with Crippen LogP contribution in [0.1, 0.15) is 16.7 Å². The number of halogens is 2. The molecule has 0 saturated carbocycles. The van der Waals surface area contributed by atoms with Gasteiger partial charge in [-0.3, -0.25) is 9.59 Å². The summed E-state index contributed by atoms with van der Waals surface area (Å²) in [5, 5.41) is 3.02. The highest BCUT2D eigenvalue weighted by Gasteiger charge is 2.40. The van der Waals surface area contributed by atoms with E-state index in [1.807, 2.05) is 19.9 Å². The molecule has 1 aliphatic heterocycles. The number of amides is 2. The van der Waals surface area contributed by atoms with Gasteiger partial charge in [0.25, 0.3) is 11.8 Å². The first-order chi connectivity index (χ1) is 16.2. The van der Waals surface area contributed by atoms with Crippen molar-refractivity contribution in [1.29, 1.82) is 0 Å². The smallest absolute Gasteiger partial charge is 0.282 e. The van der Waals surface area contributed by atoms with Crippen molar-refractivity contribution in [2.45, 2.75) is 13.8 Å². The van der Waals surface area contributed by atoms with Crippen LogP contribution in [0.4, 0.5) is 20.2 Å². The van der Waals surface area contributed by atoms with E-state index in [9.17, 15) is 18.4 Å². The van der Waals surface area contributed by atoms with Crippen LogP contribution >= 0.6 is 0 Å². The van der Waals surface area contributed by atoms with Crippen LogP contribution in [0.5, 0.6) is 11.5 Å². The first-order valence-corrected chi connectivity index (χ1v) is 10.4. The predicted molar refractivity (Wildman–Crippen MR) is 125 cm³/mol. The molecule has 0 fully saturated rings. The summed E-state index contributed by atoms with van der Waals surface area (Å²) < 4.78 is 38.0. The normalized spacial score (nSPS) is 13.5. The number of imide groups is 1. The first kappa shape index (κ1) is 23.0. The van der Waals surface area contributed by atoms with E-state index in [2.05, 4.69) is 5.32 Å². The van der Waals surface area contributed by atoms with Crippen LogP contribution < -0.4 is 19.7 Å². The van der Waals surface area contributed by atoms with E-state index in [0.29, 0.717) is 22.7 Å². The number of hydrogen-bond acceptors (Lipinski definition) is 5. The average Bonchev–Trinajstić information content (AvgIpc) is 3.06. The molecule has 0 saturated heterocycles. The number of carbonyl (C=O) groups is 2. The Bertz CT molecular complexity index is 1350. The van der Waals surface area contributed by atoms with Crippen molar-refractivity contribution in [3.8, 4) is 11.5 Å². The molecule has 0 atom stereocenters. The van der Waals surface area contributed by atoms with Crippen molar-refractivity contribution in [2.75, 3.05) is 24.4 Å². The van der Waals surface area contributed by atoms with Gasteiger partial charge in [-0.2, -0.15) is 0 Å². The molecule has 0 aliphatic carbocycles. The molecule has 4 rings (SSSR count). The maximum Gasteiger partial charge on any atom is 0.282 e. The second kappa shape index (κ2) is 8.97. The molecule has 34 heavy (non-hydrogen) atoms. The lowest BCUT2D eigenvalue weighted by molar-refractivity contribution is -0.120. The molecule has 8 heteroatoms. The summed E-state index contributed by atoms with van der Waals surface area (Å²) in [6, 6.07) is 13.2. The Balaban J connectivity index is 1.84. The highest BCUT2D eigenvalue weighted by atomic mass is 19.2. The summed E-state index contributed by atoms with van der Waals surface area (Å²) in [5.41, 5.74) is 3.00. The summed E-state index contributed by atoms with van der Waals surface area (Å²) in [6.45, 7) is 3.83. The molecule has 174 valence electrons. The van der Waals surface area contributed by atoms with Gasteiger partial charge in [-0.05, 0) is 54.8 Å². The maximum absolute atomic E-state index is 13.9. The Morgan fingerprint density at radius 3 is 2.15 bits per heavy atom. The molecule has 1 N–H and O–H groups in total. The highest BCUT2D eigenvalue weighted by molar-refractivity contribution is 6.46. The van der Waals surface area contributed by atoms with E-state index in [1.54, 1.807) is 30.3 Å². The average molecular weight is 464 g/mol. The minimum atomic E-state index is -1.16. The van der Waals surface area contributed by atoms with Crippen LogP contribution in [0.2, 0.25) is 0 Å². The zero-order valence-corrected chi connectivity index (χ0v) is 19.0. The quantitative estimate of drug-likeness (QED) is 0.521. The van der Waals surface area contributed by atoms with Crippen molar-refractivity contribution in [1.82, 2.24) is 0 Å². The van der Waals surface area contributed by atoms with E-state index < -0.39 is 23.4 Å². The zero-order chi connectivity index (χ0) is 24.6. The molecule has 1 heterocycles. The number of rotatable bonds is 6. The Labute approximate surface area is 195 Å². The van der Waals surface area contributed by atoms with E-state index in [-0.39, 0.29) is 17.0 Å². The number of nitrogens with zero attached hydrogens (tertiary/aromatic N) is 1. The Morgan fingerprint density at radius 1 is 0.765 bits per heavy atom. The van der Waals surface area contributed by atoms with Gasteiger partial charge >= 0.3 is 0 Å². The lowest BCUT2D eigenvalue weighted by Gasteiger charge is -2.16. The first-order valence-electron chi connectivity index (χ1n) is 10.4. The van der Waals surface area contributed by atoms with Crippen LogP contribution in [0.3, 0.4) is 0 Å². The van der Waals surface area contributed by atoms with E-state index in [0.717, 1.165) is 28.2 Å². The number of anilines is 2. The predicted octanol–water partition coefficient (Wildman–Crippen LogP) is 5.00. The van der Waals surface area contributed by atoms with Crippen LogP contribution in [0, 0.1) is 25.5 Å². The Hall–Kier alpha value is -4.20. The lowest BCUT2D eigenvalue weighted by atomic mass is 9.99. The third kappa shape index (κ3) is 3.98. The van der Waals surface area contributed by atoms with Crippen LogP contribution in [-0.4, -0.2) is 26.0 Å². The van der Waals surface area contributed by atoms with Crippen LogP contribution in [0.25, 0.3) is 5.57 Å². The molecule has 1 aliphatic rings. The van der Waals surface area contributed by atoms with Gasteiger partial charge in [0.05, 0.1) is 25.5 Å². The second-order valence-corrected chi connectivity index (χ2v) is 7.79. The van der Waals surface area contributed by atoms with Crippen molar-refractivity contribution in [2.24, 2.45) is 0 Å². The van der Waals surface area contributed by atoms with Gasteiger partial charge in [0.15, 0.2) is 23.1 Å². The van der Waals surface area contributed by atoms with Crippen molar-refractivity contribution >= 4 is 28.8 Å². The molecule has 0 aromatic heterocycles. The topological polar surface area (TPSA) is 67.9 Å². The molecule has 2 amide bonds. The molecule has 0 bridgehead atoms. The van der Waals surface area contributed by atoms with Gasteiger partial charge < -0.3 is 14.8 Å². The molecule has 3 aromatic carbocycles. The number of benzene rings is 3. The lowest BCUT2D eigenvalue weighted by Crippen LogP contribution is -2.32. The molecular formula is C26H22F2N2O4. The van der Waals surface area contributed by atoms with Gasteiger partial charge in [0.2, 0.25) is 0 Å². The van der Waals surface area contributed by atoms with Crippen LogP contribution in [-0.2, 0) is 9.59 Å². The standard InChI is InChI=1S/C26H22F2N2O4/c1-14-5-6-16(11-15(14)2)23-24(29-17-7-10-21(33-3)22(12-17)34-4)26(32)30(25(23)31)18-8-9-19(27)20(28)13-18/h5-13,29H,1-4H3. The minimum absolute atomic E-state index is 0.00482. The summed E-state index contributed by atoms with van der Waals surface area (Å²) in [6.07, 6.45) is 0. The zero-order valence-electron chi connectivity index (χ0n) is 19.0. The third-order valence-corrected chi connectivity index (χ3v) is 5.69. The summed E-state index contributed by atoms with van der Waals surface area (Å²) in [5.74, 6) is -2.66. The molecule has 0 radical (unpaired) electrons. The van der Waals surface area contributed by atoms with E-state index in [4.69, 9.17) is 9.47 Å². The maximum atomic E-state index is 13.9. The number of ether oxygens (including phenoxy) is 2. The van der Waals surface area contributed by atoms with E-state index >= 15 is 0 Å². The molecular weight excluding hydrogens is 442 g/mol. The second-order valence-electron chi connectivity index (χ2n) is 7.79. The fraction of sp³-hybridized carbons (Fsp3) is 0.154. The van der Waals surface area contributed by atoms with Gasteiger partial charge in [-0.15, -0.1) is 0 Å². The number of hydrogen-bond donors (Lipinski definition) is 1. The Kier molecular flexibility index (Phi) is 6.06. The van der Waals surface area contributed by atoms with Gasteiger partial charge in [-0.25, -0.2) is 13.7 Å². The molecule has 0 unspecified atom stereocenters. The molecule has 3 aromatic rings. The van der Waals surface area contributed by atoms with Crippen molar-refractivity contribution < 1.29 is 27.8 Å². The molecule has 0 spiro atoms. The van der Waals surface area contributed by atoms with Gasteiger partial charge in [0, 0.05) is 17.8 Å². The van der Waals surface area contributed by atoms with Crippen molar-refractivity contribution in [3.63, 3.8) is 0 Å². The number of nitrogens with one attached hydrogen (secondary N) is 1. The number of methoxy groups -OCH3 is 2. The Morgan fingerprint density at radius 2 is 1.50 bits per heavy atom. The fourth-order valence-electron chi connectivity index (χ4n) is 3.73. The highest BCUT2D eigenvalue weighted by Crippen LogP contribution is 2.36. The van der Waals surface area contributed by atoms with Crippen LogP contribution in [0.15, 0.2) is 60.3 Å². The minimum Gasteiger partial charge on any atom is -0.493 e.